The first-order valence-electron chi connectivity index (χ1n) is 12.7. The predicted octanol–water partition coefficient (Wildman–Crippen LogP) is 7.18. The highest BCUT2D eigenvalue weighted by atomic mass is 32.2. The molecular formula is C33H29NO3S. The lowest BCUT2D eigenvalue weighted by Crippen LogP contribution is -2.42. The van der Waals surface area contributed by atoms with Gasteiger partial charge in [-0.15, -0.1) is 0 Å². The zero-order valence-electron chi connectivity index (χ0n) is 21.2. The van der Waals surface area contributed by atoms with Gasteiger partial charge in [-0.3, -0.25) is 4.79 Å². The number of ether oxygens (including phenoxy) is 1. The number of hydrogen-bond acceptors (Lipinski definition) is 4. The van der Waals surface area contributed by atoms with Crippen molar-refractivity contribution in [2.45, 2.75) is 18.6 Å². The summed E-state index contributed by atoms with van der Waals surface area (Å²) in [5.74, 6) is -0.0306. The van der Waals surface area contributed by atoms with Gasteiger partial charge in [0.05, 0.1) is 0 Å². The zero-order chi connectivity index (χ0) is 26.3. The smallest absolute Gasteiger partial charge is 0.329 e. The van der Waals surface area contributed by atoms with Crippen LogP contribution in [0.25, 0.3) is 21.5 Å². The molecule has 0 fully saturated rings. The maximum Gasteiger partial charge on any atom is 0.329 e. The molecule has 4 nitrogen and oxygen atoms in total. The van der Waals surface area contributed by atoms with Crippen molar-refractivity contribution in [2.75, 3.05) is 12.0 Å². The largest absolute Gasteiger partial charge is 0.451 e. The van der Waals surface area contributed by atoms with Crippen LogP contribution in [0.2, 0.25) is 0 Å². The Balaban J connectivity index is 1.55. The van der Waals surface area contributed by atoms with Crippen LogP contribution in [0.3, 0.4) is 0 Å². The molecule has 0 saturated carbocycles. The van der Waals surface area contributed by atoms with Crippen LogP contribution in [0.1, 0.15) is 34.0 Å². The molecule has 5 rings (SSSR count). The van der Waals surface area contributed by atoms with Crippen molar-refractivity contribution in [1.29, 1.82) is 0 Å². The number of fused-ring (bicyclic) bond motifs is 2. The Hall–Kier alpha value is -4.09. The number of rotatable bonds is 9. The highest BCUT2D eigenvalue weighted by Gasteiger charge is 2.29. The maximum absolute atomic E-state index is 13.8. The van der Waals surface area contributed by atoms with Crippen LogP contribution in [0, 0.1) is 0 Å². The minimum absolute atomic E-state index is 0.291. The first-order chi connectivity index (χ1) is 18.7. The molecule has 0 unspecified atom stereocenters. The highest BCUT2D eigenvalue weighted by molar-refractivity contribution is 7.98. The second-order valence-electron chi connectivity index (χ2n) is 9.13. The predicted molar refractivity (Wildman–Crippen MR) is 157 cm³/mol. The van der Waals surface area contributed by atoms with E-state index in [-0.39, 0.29) is 5.91 Å². The van der Waals surface area contributed by atoms with Gasteiger partial charge < -0.3 is 10.1 Å². The van der Waals surface area contributed by atoms with E-state index >= 15 is 0 Å². The first kappa shape index (κ1) is 25.6. The van der Waals surface area contributed by atoms with E-state index in [1.807, 2.05) is 60.9 Å². The van der Waals surface area contributed by atoms with Crippen LogP contribution < -0.4 is 5.32 Å². The number of amides is 1. The number of carbonyl (C=O) groups excluding carboxylic acids is 2. The molecule has 0 aliphatic carbocycles. The Bertz CT molecular complexity index is 1480. The quantitative estimate of drug-likeness (QED) is 0.210. The molecule has 0 aliphatic rings. The lowest BCUT2D eigenvalue weighted by Gasteiger charge is -2.25. The standard InChI is InChI=1S/C33H29NO3S/c1-38-22-21-30(34-32(35)25-13-3-2-4-14-25)33(36)37-31(28-19-9-15-23-11-5-7-17-26(23)28)29-20-10-16-24-12-6-8-18-27(24)29/h2-20,30-31H,21-22H2,1H3,(H,34,35)/t30-/m0/s1. The van der Waals surface area contributed by atoms with Gasteiger partial charge in [0.15, 0.2) is 6.10 Å². The molecule has 5 heteroatoms. The van der Waals surface area contributed by atoms with Crippen LogP contribution in [0.4, 0.5) is 0 Å². The molecule has 0 saturated heterocycles. The molecule has 1 N–H and O–H groups in total. The van der Waals surface area contributed by atoms with Crippen molar-refractivity contribution in [2.24, 2.45) is 0 Å². The van der Waals surface area contributed by atoms with Crippen molar-refractivity contribution >= 4 is 45.2 Å². The molecule has 1 amide bonds. The fraction of sp³-hybridized carbons (Fsp3) is 0.152. The minimum Gasteiger partial charge on any atom is -0.451 e. The summed E-state index contributed by atoms with van der Waals surface area (Å²) in [6, 6.07) is 36.5. The van der Waals surface area contributed by atoms with Crippen LogP contribution in [-0.2, 0) is 9.53 Å². The Morgan fingerprint density at radius 1 is 0.711 bits per heavy atom. The molecule has 0 bridgehead atoms. The molecule has 38 heavy (non-hydrogen) atoms. The van der Waals surface area contributed by atoms with E-state index in [1.54, 1.807) is 36.0 Å². The van der Waals surface area contributed by atoms with E-state index in [0.717, 1.165) is 32.7 Å². The lowest BCUT2D eigenvalue weighted by molar-refractivity contribution is -0.149. The normalized spacial score (nSPS) is 11.9. The Morgan fingerprint density at radius 3 is 1.82 bits per heavy atom. The monoisotopic (exact) mass is 519 g/mol. The molecule has 0 aliphatic heterocycles. The summed E-state index contributed by atoms with van der Waals surface area (Å²) in [4.78, 5) is 26.8. The summed E-state index contributed by atoms with van der Waals surface area (Å²) < 4.78 is 6.37. The van der Waals surface area contributed by atoms with E-state index in [4.69, 9.17) is 4.74 Å². The molecule has 190 valence electrons. The van der Waals surface area contributed by atoms with E-state index in [1.165, 1.54) is 0 Å². The Kier molecular flexibility index (Phi) is 8.05. The van der Waals surface area contributed by atoms with E-state index in [0.29, 0.717) is 17.7 Å². The number of carbonyl (C=O) groups is 2. The molecule has 0 radical (unpaired) electrons. The van der Waals surface area contributed by atoms with E-state index in [2.05, 4.69) is 41.7 Å². The van der Waals surface area contributed by atoms with Gasteiger partial charge in [0.1, 0.15) is 6.04 Å². The summed E-state index contributed by atoms with van der Waals surface area (Å²) in [6.07, 6.45) is 1.80. The first-order valence-corrected chi connectivity index (χ1v) is 14.1. The van der Waals surface area contributed by atoms with Gasteiger partial charge in [0.2, 0.25) is 0 Å². The molecule has 5 aromatic carbocycles. The molecule has 5 aromatic rings. The van der Waals surface area contributed by atoms with Gasteiger partial charge in [0, 0.05) is 16.7 Å². The molecular weight excluding hydrogens is 490 g/mol. The Labute approximate surface area is 227 Å². The number of benzene rings is 5. The topological polar surface area (TPSA) is 55.4 Å². The second kappa shape index (κ2) is 12.0. The van der Waals surface area contributed by atoms with Crippen LogP contribution in [0.5, 0.6) is 0 Å². The van der Waals surface area contributed by atoms with Crippen LogP contribution in [0.15, 0.2) is 115 Å². The average Bonchev–Trinajstić information content (AvgIpc) is 2.97. The fourth-order valence-corrected chi connectivity index (χ4v) is 5.24. The minimum atomic E-state index is -0.775. The van der Waals surface area contributed by atoms with E-state index in [9.17, 15) is 9.59 Å². The van der Waals surface area contributed by atoms with Crippen molar-refractivity contribution in [3.05, 3.63) is 132 Å². The average molecular weight is 520 g/mol. The van der Waals surface area contributed by atoms with Gasteiger partial charge in [-0.2, -0.15) is 11.8 Å². The van der Waals surface area contributed by atoms with Crippen molar-refractivity contribution < 1.29 is 14.3 Å². The SMILES string of the molecule is CSCC[C@H](NC(=O)c1ccccc1)C(=O)OC(c1cccc2ccccc12)c1cccc2ccccc12. The van der Waals surface area contributed by atoms with Crippen molar-refractivity contribution in [3.8, 4) is 0 Å². The van der Waals surface area contributed by atoms with Crippen molar-refractivity contribution in [3.63, 3.8) is 0 Å². The summed E-state index contributed by atoms with van der Waals surface area (Å²) in [5.41, 5.74) is 2.32. The molecule has 1 atom stereocenters. The van der Waals surface area contributed by atoms with Gasteiger partial charge in [-0.25, -0.2) is 4.79 Å². The second-order valence-corrected chi connectivity index (χ2v) is 10.1. The summed E-state index contributed by atoms with van der Waals surface area (Å²) in [6.45, 7) is 0. The third-order valence-electron chi connectivity index (χ3n) is 6.68. The molecule has 0 spiro atoms. The lowest BCUT2D eigenvalue weighted by atomic mass is 9.92. The number of nitrogens with one attached hydrogen (secondary N) is 1. The van der Waals surface area contributed by atoms with Crippen LogP contribution >= 0.6 is 11.8 Å². The summed E-state index contributed by atoms with van der Waals surface area (Å²) in [7, 11) is 0. The number of thioether (sulfide) groups is 1. The number of hydrogen-bond donors (Lipinski definition) is 1. The maximum atomic E-state index is 13.8. The van der Waals surface area contributed by atoms with Gasteiger partial charge in [-0.05, 0) is 52.1 Å². The van der Waals surface area contributed by atoms with Gasteiger partial charge >= 0.3 is 5.97 Å². The van der Waals surface area contributed by atoms with Gasteiger partial charge in [-0.1, -0.05) is 103 Å². The molecule has 0 heterocycles. The fourth-order valence-electron chi connectivity index (χ4n) is 4.77. The Morgan fingerprint density at radius 2 is 1.24 bits per heavy atom. The zero-order valence-corrected chi connectivity index (χ0v) is 22.0. The molecule has 0 aromatic heterocycles. The van der Waals surface area contributed by atoms with Crippen molar-refractivity contribution in [1.82, 2.24) is 5.32 Å². The summed E-state index contributed by atoms with van der Waals surface area (Å²) in [5, 5.41) is 7.11. The highest BCUT2D eigenvalue weighted by Crippen LogP contribution is 2.36. The summed E-state index contributed by atoms with van der Waals surface area (Å²) >= 11 is 1.63. The van der Waals surface area contributed by atoms with Crippen LogP contribution in [-0.4, -0.2) is 29.9 Å². The third-order valence-corrected chi connectivity index (χ3v) is 7.33. The van der Waals surface area contributed by atoms with E-state index < -0.39 is 18.1 Å². The van der Waals surface area contributed by atoms with Gasteiger partial charge in [0.25, 0.3) is 5.91 Å². The third kappa shape index (κ3) is 5.58. The number of esters is 1.